The monoisotopic (exact) mass is 417 g/mol. The van der Waals surface area contributed by atoms with Gasteiger partial charge in [-0.15, -0.1) is 0 Å². The molecule has 0 spiro atoms. The molecule has 0 radical (unpaired) electrons. The zero-order chi connectivity index (χ0) is 21.8. The van der Waals surface area contributed by atoms with Gasteiger partial charge in [-0.05, 0) is 50.3 Å². The summed E-state index contributed by atoms with van der Waals surface area (Å²) in [5.41, 5.74) is 4.46. The maximum Gasteiger partial charge on any atom is 0.275 e. The number of aromatic amines is 1. The number of hydrogen-bond acceptors (Lipinski definition) is 5. The number of pyridine rings is 1. The van der Waals surface area contributed by atoms with Gasteiger partial charge in [0.1, 0.15) is 0 Å². The van der Waals surface area contributed by atoms with E-state index in [2.05, 4.69) is 26.1 Å². The van der Waals surface area contributed by atoms with Gasteiger partial charge in [0.05, 0.1) is 11.7 Å². The Balaban J connectivity index is 1.71. The number of carbonyl (C=O) groups excluding carboxylic acids is 1. The van der Waals surface area contributed by atoms with Crippen molar-refractivity contribution in [1.29, 1.82) is 0 Å². The summed E-state index contributed by atoms with van der Waals surface area (Å²) in [5, 5.41) is 12.4. The summed E-state index contributed by atoms with van der Waals surface area (Å²) in [6.45, 7) is 4.58. The Morgan fingerprint density at radius 2 is 2.00 bits per heavy atom. The summed E-state index contributed by atoms with van der Waals surface area (Å²) in [6, 6.07) is 9.94. The number of rotatable bonds is 8. The fourth-order valence-corrected chi connectivity index (χ4v) is 3.60. The zero-order valence-corrected chi connectivity index (χ0v) is 18.1. The minimum Gasteiger partial charge on any atom is -0.332 e. The standard InChI is InChI=1S/C23H27N7O/c1-4-30-21-12-18(19-14-25-26-15-19)7-8-20(21)22(27-30)23(31)29(11-10-28(2)3)16-17-6-5-9-24-13-17/h5-9,12-15H,4,10-11,16H2,1-3H3,(H,25,26). The molecule has 0 saturated heterocycles. The van der Waals surface area contributed by atoms with Crippen LogP contribution in [0.1, 0.15) is 23.0 Å². The number of likely N-dealkylation sites (N-methyl/N-ethyl adjacent to an activating group) is 1. The lowest BCUT2D eigenvalue weighted by Crippen LogP contribution is -2.36. The molecule has 3 aromatic heterocycles. The van der Waals surface area contributed by atoms with E-state index in [0.29, 0.717) is 25.3 Å². The molecule has 0 aliphatic rings. The first-order valence-corrected chi connectivity index (χ1v) is 10.4. The van der Waals surface area contributed by atoms with Crippen molar-refractivity contribution in [2.24, 2.45) is 0 Å². The van der Waals surface area contributed by atoms with E-state index in [4.69, 9.17) is 5.10 Å². The minimum absolute atomic E-state index is 0.0704. The maximum absolute atomic E-state index is 13.6. The highest BCUT2D eigenvalue weighted by Crippen LogP contribution is 2.27. The second-order valence-electron chi connectivity index (χ2n) is 7.77. The van der Waals surface area contributed by atoms with Gasteiger partial charge in [0.15, 0.2) is 5.69 Å². The quantitative estimate of drug-likeness (QED) is 0.476. The van der Waals surface area contributed by atoms with Gasteiger partial charge in [0, 0.05) is 55.7 Å². The number of nitrogens with one attached hydrogen (secondary N) is 1. The molecule has 31 heavy (non-hydrogen) atoms. The van der Waals surface area contributed by atoms with Crippen molar-refractivity contribution in [3.63, 3.8) is 0 Å². The minimum atomic E-state index is -0.0704. The summed E-state index contributed by atoms with van der Waals surface area (Å²) in [6.07, 6.45) is 7.19. The van der Waals surface area contributed by atoms with Gasteiger partial charge in [-0.2, -0.15) is 10.2 Å². The number of fused-ring (bicyclic) bond motifs is 1. The van der Waals surface area contributed by atoms with Crippen LogP contribution in [0.15, 0.2) is 55.1 Å². The van der Waals surface area contributed by atoms with E-state index >= 15 is 0 Å². The smallest absolute Gasteiger partial charge is 0.275 e. The normalized spacial score (nSPS) is 11.4. The molecule has 0 unspecified atom stereocenters. The zero-order valence-electron chi connectivity index (χ0n) is 18.1. The van der Waals surface area contributed by atoms with Crippen LogP contribution in [0.25, 0.3) is 22.0 Å². The third-order valence-corrected chi connectivity index (χ3v) is 5.29. The van der Waals surface area contributed by atoms with Crippen molar-refractivity contribution in [2.45, 2.75) is 20.0 Å². The molecule has 160 valence electrons. The molecule has 0 saturated carbocycles. The predicted octanol–water partition coefficient (Wildman–Crippen LogP) is 3.05. The Hall–Kier alpha value is -3.52. The number of benzene rings is 1. The van der Waals surface area contributed by atoms with Crippen molar-refractivity contribution < 1.29 is 4.79 Å². The lowest BCUT2D eigenvalue weighted by Gasteiger charge is -2.24. The molecule has 0 fully saturated rings. The van der Waals surface area contributed by atoms with Crippen molar-refractivity contribution in [1.82, 2.24) is 34.8 Å². The summed E-state index contributed by atoms with van der Waals surface area (Å²) in [4.78, 5) is 21.7. The van der Waals surface area contributed by atoms with Crippen molar-refractivity contribution in [3.05, 3.63) is 66.4 Å². The first kappa shape index (κ1) is 20.7. The number of nitrogens with zero attached hydrogens (tertiary/aromatic N) is 6. The molecular weight excluding hydrogens is 390 g/mol. The van der Waals surface area contributed by atoms with E-state index in [9.17, 15) is 4.79 Å². The number of aryl methyl sites for hydroxylation is 1. The third kappa shape index (κ3) is 4.49. The molecule has 0 aliphatic heterocycles. The Morgan fingerprint density at radius 1 is 1.13 bits per heavy atom. The highest BCUT2D eigenvalue weighted by Gasteiger charge is 2.23. The lowest BCUT2D eigenvalue weighted by molar-refractivity contribution is 0.0727. The van der Waals surface area contributed by atoms with Crippen LogP contribution in [-0.2, 0) is 13.1 Å². The van der Waals surface area contributed by atoms with Crippen LogP contribution in [-0.4, -0.2) is 67.9 Å². The Bertz CT molecular complexity index is 1150. The van der Waals surface area contributed by atoms with E-state index < -0.39 is 0 Å². The van der Waals surface area contributed by atoms with Crippen molar-refractivity contribution in [3.8, 4) is 11.1 Å². The maximum atomic E-state index is 13.6. The third-order valence-electron chi connectivity index (χ3n) is 5.29. The first-order valence-electron chi connectivity index (χ1n) is 10.4. The average molecular weight is 418 g/mol. The van der Waals surface area contributed by atoms with Gasteiger partial charge in [-0.1, -0.05) is 12.1 Å². The number of H-pyrrole nitrogens is 1. The number of amides is 1. The Morgan fingerprint density at radius 3 is 2.68 bits per heavy atom. The van der Waals surface area contributed by atoms with Crippen LogP contribution < -0.4 is 0 Å². The number of carbonyl (C=O) groups is 1. The molecule has 8 heteroatoms. The summed E-state index contributed by atoms with van der Waals surface area (Å²) < 4.78 is 1.89. The van der Waals surface area contributed by atoms with Gasteiger partial charge in [-0.25, -0.2) is 0 Å². The highest BCUT2D eigenvalue weighted by molar-refractivity contribution is 6.05. The van der Waals surface area contributed by atoms with E-state index in [1.807, 2.05) is 61.1 Å². The van der Waals surface area contributed by atoms with Gasteiger partial charge in [-0.3, -0.25) is 19.6 Å². The average Bonchev–Trinajstić information content (AvgIpc) is 3.44. The fourth-order valence-electron chi connectivity index (χ4n) is 3.60. The molecule has 3 heterocycles. The van der Waals surface area contributed by atoms with Crippen molar-refractivity contribution in [2.75, 3.05) is 27.2 Å². The van der Waals surface area contributed by atoms with Gasteiger partial charge >= 0.3 is 0 Å². The van der Waals surface area contributed by atoms with Crippen LogP contribution >= 0.6 is 0 Å². The summed E-state index contributed by atoms with van der Waals surface area (Å²) in [5.74, 6) is -0.0704. The predicted molar refractivity (Wildman–Crippen MR) is 121 cm³/mol. The van der Waals surface area contributed by atoms with Crippen LogP contribution in [0, 0.1) is 0 Å². The number of aromatic nitrogens is 5. The second-order valence-corrected chi connectivity index (χ2v) is 7.77. The van der Waals surface area contributed by atoms with Crippen LogP contribution in [0.5, 0.6) is 0 Å². The van der Waals surface area contributed by atoms with E-state index in [-0.39, 0.29) is 5.91 Å². The highest BCUT2D eigenvalue weighted by atomic mass is 16.2. The topological polar surface area (TPSA) is 82.9 Å². The fraction of sp³-hybridized carbons (Fsp3) is 0.304. The molecular formula is C23H27N7O. The van der Waals surface area contributed by atoms with Crippen molar-refractivity contribution >= 4 is 16.8 Å². The summed E-state index contributed by atoms with van der Waals surface area (Å²) in [7, 11) is 4.01. The molecule has 1 N–H and O–H groups in total. The van der Waals surface area contributed by atoms with E-state index in [0.717, 1.165) is 34.1 Å². The van der Waals surface area contributed by atoms with Crippen LogP contribution in [0.4, 0.5) is 0 Å². The van der Waals surface area contributed by atoms with Gasteiger partial charge in [0.2, 0.25) is 0 Å². The summed E-state index contributed by atoms with van der Waals surface area (Å²) >= 11 is 0. The van der Waals surface area contributed by atoms with Crippen LogP contribution in [0.3, 0.4) is 0 Å². The van der Waals surface area contributed by atoms with Gasteiger partial charge < -0.3 is 9.80 Å². The Kier molecular flexibility index (Phi) is 6.08. The molecule has 8 nitrogen and oxygen atoms in total. The Labute approximate surface area is 181 Å². The molecule has 1 aromatic carbocycles. The molecule has 0 bridgehead atoms. The lowest BCUT2D eigenvalue weighted by atomic mass is 10.1. The first-order chi connectivity index (χ1) is 15.1. The molecule has 1 amide bonds. The van der Waals surface area contributed by atoms with Crippen LogP contribution in [0.2, 0.25) is 0 Å². The molecule has 4 aromatic rings. The SMILES string of the molecule is CCn1nc(C(=O)N(CCN(C)C)Cc2cccnc2)c2ccc(-c3cn[nH]c3)cc21. The number of hydrogen-bond donors (Lipinski definition) is 1. The van der Waals surface area contributed by atoms with E-state index in [1.165, 1.54) is 0 Å². The van der Waals surface area contributed by atoms with Gasteiger partial charge in [0.25, 0.3) is 5.91 Å². The molecule has 4 rings (SSSR count). The van der Waals surface area contributed by atoms with E-state index in [1.54, 1.807) is 18.6 Å². The molecule has 0 aliphatic carbocycles. The second kappa shape index (κ2) is 9.09. The molecule has 0 atom stereocenters. The largest absolute Gasteiger partial charge is 0.332 e.